The highest BCUT2D eigenvalue weighted by Gasteiger charge is 2.28. The molecular formula is C29H36N2O7S. The zero-order valence-corrected chi connectivity index (χ0v) is 24.2. The Labute approximate surface area is 230 Å². The first kappa shape index (κ1) is 29.6. The average molecular weight is 557 g/mol. The van der Waals surface area contributed by atoms with E-state index in [4.69, 9.17) is 18.9 Å². The maximum absolute atomic E-state index is 13.9. The SMILES string of the molecule is COc1ccc(S(=O)(=O)N(CC(=O)NCc2ccc(OC(C)C)c(OC)c2)c2cc(C)cc(C)c2)cc1OC. The number of carbonyl (C=O) groups excluding carboxylic acids is 1. The number of hydrogen-bond donors (Lipinski definition) is 1. The molecule has 0 aliphatic heterocycles. The maximum Gasteiger partial charge on any atom is 0.264 e. The summed E-state index contributed by atoms with van der Waals surface area (Å²) >= 11 is 0. The molecule has 0 spiro atoms. The van der Waals surface area contributed by atoms with E-state index in [0.717, 1.165) is 21.0 Å². The molecule has 210 valence electrons. The molecule has 9 nitrogen and oxygen atoms in total. The van der Waals surface area contributed by atoms with Gasteiger partial charge in [-0.25, -0.2) is 8.42 Å². The van der Waals surface area contributed by atoms with Crippen LogP contribution in [0.25, 0.3) is 0 Å². The predicted octanol–water partition coefficient (Wildman–Crippen LogP) is 4.63. The summed E-state index contributed by atoms with van der Waals surface area (Å²) in [6.45, 7) is 7.34. The lowest BCUT2D eigenvalue weighted by molar-refractivity contribution is -0.119. The highest BCUT2D eigenvalue weighted by molar-refractivity contribution is 7.92. The molecule has 3 aromatic carbocycles. The van der Waals surface area contributed by atoms with Crippen molar-refractivity contribution in [3.8, 4) is 23.0 Å². The predicted molar refractivity (Wildman–Crippen MR) is 151 cm³/mol. The van der Waals surface area contributed by atoms with E-state index in [-0.39, 0.29) is 23.3 Å². The lowest BCUT2D eigenvalue weighted by Crippen LogP contribution is -2.40. The maximum atomic E-state index is 13.9. The van der Waals surface area contributed by atoms with Crippen molar-refractivity contribution in [2.24, 2.45) is 0 Å². The zero-order valence-electron chi connectivity index (χ0n) is 23.4. The lowest BCUT2D eigenvalue weighted by atomic mass is 10.1. The first-order valence-electron chi connectivity index (χ1n) is 12.4. The molecule has 3 rings (SSSR count). The second kappa shape index (κ2) is 12.8. The molecule has 39 heavy (non-hydrogen) atoms. The first-order valence-corrected chi connectivity index (χ1v) is 13.9. The van der Waals surface area contributed by atoms with Crippen LogP contribution in [-0.4, -0.2) is 48.3 Å². The Bertz CT molecular complexity index is 1400. The number of aryl methyl sites for hydroxylation is 2. The van der Waals surface area contributed by atoms with Gasteiger partial charge in [-0.3, -0.25) is 9.10 Å². The number of nitrogens with zero attached hydrogens (tertiary/aromatic N) is 1. The summed E-state index contributed by atoms with van der Waals surface area (Å²) in [5.41, 5.74) is 2.90. The van der Waals surface area contributed by atoms with Crippen LogP contribution >= 0.6 is 0 Å². The lowest BCUT2D eigenvalue weighted by Gasteiger charge is -2.25. The van der Waals surface area contributed by atoms with Crippen LogP contribution in [0.2, 0.25) is 0 Å². The van der Waals surface area contributed by atoms with Crippen molar-refractivity contribution >= 4 is 21.6 Å². The summed E-state index contributed by atoms with van der Waals surface area (Å²) in [4.78, 5) is 13.1. The molecule has 0 aliphatic rings. The number of benzene rings is 3. The van der Waals surface area contributed by atoms with Crippen molar-refractivity contribution in [1.29, 1.82) is 0 Å². The standard InChI is InChI=1S/C29H36N2O7S/c1-19(2)38-26-10-8-22(15-27(26)36-6)17-30-29(32)18-31(23-13-20(3)12-21(4)14-23)39(33,34)24-9-11-25(35-5)28(16-24)37-7/h8-16,19H,17-18H2,1-7H3,(H,30,32). The number of amides is 1. The number of methoxy groups -OCH3 is 3. The van der Waals surface area contributed by atoms with Gasteiger partial charge in [0.05, 0.1) is 38.0 Å². The van der Waals surface area contributed by atoms with E-state index in [1.54, 1.807) is 31.4 Å². The van der Waals surface area contributed by atoms with Gasteiger partial charge in [-0.15, -0.1) is 0 Å². The molecule has 0 unspecified atom stereocenters. The van der Waals surface area contributed by atoms with E-state index >= 15 is 0 Å². The second-order valence-corrected chi connectivity index (χ2v) is 11.2. The molecule has 0 atom stereocenters. The van der Waals surface area contributed by atoms with Crippen LogP contribution in [0.1, 0.15) is 30.5 Å². The van der Waals surface area contributed by atoms with Crippen molar-refractivity contribution in [2.45, 2.75) is 45.2 Å². The van der Waals surface area contributed by atoms with Gasteiger partial charge in [0, 0.05) is 12.6 Å². The van der Waals surface area contributed by atoms with E-state index < -0.39 is 22.5 Å². The Morgan fingerprint density at radius 1 is 0.821 bits per heavy atom. The summed E-state index contributed by atoms with van der Waals surface area (Å²) in [5, 5.41) is 2.82. The summed E-state index contributed by atoms with van der Waals surface area (Å²) in [6, 6.07) is 15.1. The highest BCUT2D eigenvalue weighted by atomic mass is 32.2. The Kier molecular flexibility index (Phi) is 9.69. The Morgan fingerprint density at radius 3 is 2.00 bits per heavy atom. The fraction of sp³-hybridized carbons (Fsp3) is 0.345. The molecule has 0 saturated carbocycles. The van der Waals surface area contributed by atoms with E-state index in [2.05, 4.69) is 5.32 Å². The van der Waals surface area contributed by atoms with Gasteiger partial charge in [-0.1, -0.05) is 12.1 Å². The molecule has 1 N–H and O–H groups in total. The second-order valence-electron chi connectivity index (χ2n) is 9.30. The Hall–Kier alpha value is -3.92. The molecule has 0 saturated heterocycles. The molecule has 0 radical (unpaired) electrons. The zero-order chi connectivity index (χ0) is 28.7. The van der Waals surface area contributed by atoms with Crippen molar-refractivity contribution in [3.63, 3.8) is 0 Å². The molecule has 0 aromatic heterocycles. The van der Waals surface area contributed by atoms with Gasteiger partial charge in [0.15, 0.2) is 23.0 Å². The monoisotopic (exact) mass is 556 g/mol. The Balaban J connectivity index is 1.89. The largest absolute Gasteiger partial charge is 0.493 e. The van der Waals surface area contributed by atoms with Crippen molar-refractivity contribution in [1.82, 2.24) is 5.32 Å². The minimum Gasteiger partial charge on any atom is -0.493 e. The third kappa shape index (κ3) is 7.35. The van der Waals surface area contributed by atoms with E-state index in [0.29, 0.717) is 22.9 Å². The average Bonchev–Trinajstić information content (AvgIpc) is 2.89. The molecule has 1 amide bonds. The molecule has 0 aliphatic carbocycles. The number of nitrogens with one attached hydrogen (secondary N) is 1. The van der Waals surface area contributed by atoms with Crippen LogP contribution in [0.15, 0.2) is 59.5 Å². The fourth-order valence-corrected chi connectivity index (χ4v) is 5.49. The van der Waals surface area contributed by atoms with E-state index in [1.165, 1.54) is 32.4 Å². The van der Waals surface area contributed by atoms with Gasteiger partial charge in [0.1, 0.15) is 6.54 Å². The quantitative estimate of drug-likeness (QED) is 0.347. The van der Waals surface area contributed by atoms with Crippen molar-refractivity contribution in [2.75, 3.05) is 32.2 Å². The van der Waals surface area contributed by atoms with Crippen LogP contribution in [-0.2, 0) is 21.4 Å². The number of anilines is 1. The van der Waals surface area contributed by atoms with Gasteiger partial charge in [0.2, 0.25) is 5.91 Å². The Morgan fingerprint density at radius 2 is 1.41 bits per heavy atom. The molecule has 3 aromatic rings. The van der Waals surface area contributed by atoms with Crippen LogP contribution in [0.3, 0.4) is 0 Å². The molecular weight excluding hydrogens is 520 g/mol. The molecule has 0 fully saturated rings. The smallest absolute Gasteiger partial charge is 0.264 e. The van der Waals surface area contributed by atoms with Crippen molar-refractivity contribution in [3.05, 3.63) is 71.3 Å². The summed E-state index contributed by atoms with van der Waals surface area (Å²) in [7, 11) is 0.298. The number of rotatable bonds is 12. The first-order chi connectivity index (χ1) is 18.5. The van der Waals surface area contributed by atoms with Crippen LogP contribution in [0.5, 0.6) is 23.0 Å². The topological polar surface area (TPSA) is 103 Å². The van der Waals surface area contributed by atoms with Crippen LogP contribution < -0.4 is 28.6 Å². The minimum atomic E-state index is -4.15. The number of sulfonamides is 1. The minimum absolute atomic E-state index is 0.0201. The normalized spacial score (nSPS) is 11.2. The van der Waals surface area contributed by atoms with Gasteiger partial charge in [0.25, 0.3) is 10.0 Å². The van der Waals surface area contributed by atoms with E-state index in [9.17, 15) is 13.2 Å². The summed E-state index contributed by atoms with van der Waals surface area (Å²) in [5.74, 6) is 1.34. The van der Waals surface area contributed by atoms with Crippen LogP contribution in [0.4, 0.5) is 5.69 Å². The van der Waals surface area contributed by atoms with E-state index in [1.807, 2.05) is 39.8 Å². The number of ether oxygens (including phenoxy) is 4. The molecule has 0 heterocycles. The van der Waals surface area contributed by atoms with Gasteiger partial charge >= 0.3 is 0 Å². The third-order valence-corrected chi connectivity index (χ3v) is 7.57. The van der Waals surface area contributed by atoms with Crippen LogP contribution in [0, 0.1) is 13.8 Å². The molecule has 0 bridgehead atoms. The fourth-order valence-electron chi connectivity index (χ4n) is 4.07. The summed E-state index contributed by atoms with van der Waals surface area (Å²) in [6.07, 6.45) is -0.0201. The highest BCUT2D eigenvalue weighted by Crippen LogP contribution is 2.33. The van der Waals surface area contributed by atoms with Gasteiger partial charge < -0.3 is 24.3 Å². The number of hydrogen-bond acceptors (Lipinski definition) is 7. The van der Waals surface area contributed by atoms with Gasteiger partial charge in [-0.05, 0) is 80.8 Å². The molecule has 10 heteroatoms. The third-order valence-electron chi connectivity index (χ3n) is 5.81. The van der Waals surface area contributed by atoms with Crippen molar-refractivity contribution < 1.29 is 32.2 Å². The number of carbonyl (C=O) groups is 1. The summed E-state index contributed by atoms with van der Waals surface area (Å²) < 4.78 is 50.5. The van der Waals surface area contributed by atoms with Gasteiger partial charge in [-0.2, -0.15) is 0 Å².